The Hall–Kier alpha value is -3.38. The number of carbonyl (C=O) groups excluding carboxylic acids is 1. The van der Waals surface area contributed by atoms with Crippen LogP contribution in [0.25, 0.3) is 10.9 Å². The number of hydrogen-bond acceptors (Lipinski definition) is 3. The molecule has 0 saturated carbocycles. The average Bonchev–Trinajstić information content (AvgIpc) is 3.48. The Labute approximate surface area is 267 Å². The first kappa shape index (κ1) is 29.7. The minimum atomic E-state index is -0.122. The van der Waals surface area contributed by atoms with Crippen molar-refractivity contribution >= 4 is 68.3 Å². The SMILES string of the molecule is Cc1c(C=Nc2sc3c(c2C(=O)Nc2ccc(Cl)cc2)CC[C@H](C(C)(C)C)C3)c2ccccc2n1Cc1ccc(Cl)cc1. The van der Waals surface area contributed by atoms with Gasteiger partial charge in [-0.25, -0.2) is 4.99 Å². The molecule has 0 radical (unpaired) electrons. The van der Waals surface area contributed by atoms with Crippen molar-refractivity contribution in [1.29, 1.82) is 0 Å². The molecule has 1 N–H and O–H groups in total. The molecule has 1 amide bonds. The number of fused-ring (bicyclic) bond motifs is 2. The topological polar surface area (TPSA) is 46.4 Å². The summed E-state index contributed by atoms with van der Waals surface area (Å²) in [6.45, 7) is 9.80. The van der Waals surface area contributed by atoms with E-state index in [0.29, 0.717) is 22.2 Å². The summed E-state index contributed by atoms with van der Waals surface area (Å²) in [5.74, 6) is 0.443. The third kappa shape index (κ3) is 6.17. The fourth-order valence-corrected chi connectivity index (χ4v) is 7.60. The van der Waals surface area contributed by atoms with Gasteiger partial charge >= 0.3 is 0 Å². The third-order valence-electron chi connectivity index (χ3n) is 8.65. The zero-order chi connectivity index (χ0) is 30.3. The molecule has 220 valence electrons. The molecular formula is C36H35Cl2N3OS. The van der Waals surface area contributed by atoms with Gasteiger partial charge in [-0.2, -0.15) is 0 Å². The van der Waals surface area contributed by atoms with Gasteiger partial charge in [0.25, 0.3) is 5.91 Å². The van der Waals surface area contributed by atoms with Gasteiger partial charge in [0, 0.05) is 55.5 Å². The molecule has 0 unspecified atom stereocenters. The van der Waals surface area contributed by atoms with Crippen molar-refractivity contribution < 1.29 is 4.79 Å². The number of benzene rings is 3. The van der Waals surface area contributed by atoms with Gasteiger partial charge in [0.1, 0.15) is 5.00 Å². The molecule has 0 bridgehead atoms. The fraction of sp³-hybridized carbons (Fsp3) is 0.278. The number of aromatic nitrogens is 1. The maximum atomic E-state index is 13.8. The van der Waals surface area contributed by atoms with E-state index in [1.807, 2.05) is 30.5 Å². The second kappa shape index (κ2) is 12.0. The van der Waals surface area contributed by atoms with Crippen LogP contribution in [0.15, 0.2) is 77.8 Å². The average molecular weight is 629 g/mol. The third-order valence-corrected chi connectivity index (χ3v) is 10.3. The molecule has 5 aromatic rings. The van der Waals surface area contributed by atoms with Crippen molar-refractivity contribution in [2.75, 3.05) is 5.32 Å². The molecule has 43 heavy (non-hydrogen) atoms. The zero-order valence-corrected chi connectivity index (χ0v) is 27.2. The molecule has 0 spiro atoms. The number of hydrogen-bond donors (Lipinski definition) is 1. The maximum absolute atomic E-state index is 13.8. The molecule has 3 aromatic carbocycles. The molecule has 7 heteroatoms. The highest BCUT2D eigenvalue weighted by atomic mass is 35.5. The summed E-state index contributed by atoms with van der Waals surface area (Å²) in [5, 5.41) is 6.37. The number of aliphatic imine (C=N–C) groups is 1. The molecule has 0 aliphatic heterocycles. The van der Waals surface area contributed by atoms with E-state index in [1.165, 1.54) is 10.4 Å². The Bertz CT molecular complexity index is 1830. The second-order valence-electron chi connectivity index (χ2n) is 12.4. The highest BCUT2D eigenvalue weighted by molar-refractivity contribution is 7.16. The van der Waals surface area contributed by atoms with Crippen molar-refractivity contribution in [1.82, 2.24) is 4.57 Å². The van der Waals surface area contributed by atoms with E-state index in [1.54, 1.807) is 23.5 Å². The Kier molecular flexibility index (Phi) is 8.25. The normalized spacial score (nSPS) is 15.3. The molecule has 1 aliphatic carbocycles. The summed E-state index contributed by atoms with van der Waals surface area (Å²) < 4.78 is 2.32. The van der Waals surface area contributed by atoms with Gasteiger partial charge in [-0.1, -0.05) is 74.3 Å². The Balaban J connectivity index is 1.40. The van der Waals surface area contributed by atoms with Crippen LogP contribution in [-0.2, 0) is 19.4 Å². The minimum absolute atomic E-state index is 0.122. The van der Waals surface area contributed by atoms with Crippen LogP contribution in [0.2, 0.25) is 10.0 Å². The molecule has 4 nitrogen and oxygen atoms in total. The lowest BCUT2D eigenvalue weighted by molar-refractivity contribution is 0.102. The van der Waals surface area contributed by atoms with Crippen molar-refractivity contribution in [2.24, 2.45) is 16.3 Å². The van der Waals surface area contributed by atoms with E-state index in [4.69, 9.17) is 28.2 Å². The molecule has 6 rings (SSSR count). The van der Waals surface area contributed by atoms with Gasteiger partial charge < -0.3 is 9.88 Å². The van der Waals surface area contributed by atoms with Crippen LogP contribution in [0.1, 0.15) is 64.8 Å². The van der Waals surface area contributed by atoms with Gasteiger partial charge in [-0.15, -0.1) is 11.3 Å². The van der Waals surface area contributed by atoms with Crippen LogP contribution >= 0.6 is 34.5 Å². The monoisotopic (exact) mass is 627 g/mol. The zero-order valence-electron chi connectivity index (χ0n) is 24.9. The van der Waals surface area contributed by atoms with Gasteiger partial charge in [0.2, 0.25) is 0 Å². The van der Waals surface area contributed by atoms with Crippen molar-refractivity contribution in [2.45, 2.75) is 53.5 Å². The Morgan fingerprint density at radius 3 is 2.40 bits per heavy atom. The number of halogens is 2. The summed E-state index contributed by atoms with van der Waals surface area (Å²) in [6, 6.07) is 23.7. The quantitative estimate of drug-likeness (QED) is 0.187. The van der Waals surface area contributed by atoms with E-state index in [2.05, 4.69) is 74.0 Å². The lowest BCUT2D eigenvalue weighted by Gasteiger charge is -2.33. The predicted molar refractivity (Wildman–Crippen MR) is 183 cm³/mol. The van der Waals surface area contributed by atoms with Gasteiger partial charge in [0.05, 0.1) is 5.56 Å². The smallest absolute Gasteiger partial charge is 0.259 e. The van der Waals surface area contributed by atoms with Gasteiger partial charge in [0.15, 0.2) is 0 Å². The highest BCUT2D eigenvalue weighted by Gasteiger charge is 2.33. The maximum Gasteiger partial charge on any atom is 0.259 e. The molecule has 0 saturated heterocycles. The highest BCUT2D eigenvalue weighted by Crippen LogP contribution is 2.45. The van der Waals surface area contributed by atoms with Crippen LogP contribution in [0.4, 0.5) is 10.7 Å². The Morgan fingerprint density at radius 1 is 1.02 bits per heavy atom. The van der Waals surface area contributed by atoms with Crippen LogP contribution < -0.4 is 5.32 Å². The number of thiophene rings is 1. The minimum Gasteiger partial charge on any atom is -0.340 e. The van der Waals surface area contributed by atoms with E-state index >= 15 is 0 Å². The van der Waals surface area contributed by atoms with Crippen molar-refractivity contribution in [3.63, 3.8) is 0 Å². The van der Waals surface area contributed by atoms with Crippen LogP contribution in [0.3, 0.4) is 0 Å². The van der Waals surface area contributed by atoms with E-state index in [-0.39, 0.29) is 11.3 Å². The largest absolute Gasteiger partial charge is 0.340 e. The number of nitrogens with one attached hydrogen (secondary N) is 1. The second-order valence-corrected chi connectivity index (χ2v) is 14.4. The first-order chi connectivity index (χ1) is 20.6. The van der Waals surface area contributed by atoms with E-state index in [9.17, 15) is 4.79 Å². The summed E-state index contributed by atoms with van der Waals surface area (Å²) in [6.07, 6.45) is 4.87. The summed E-state index contributed by atoms with van der Waals surface area (Å²) in [5.41, 5.74) is 7.28. The summed E-state index contributed by atoms with van der Waals surface area (Å²) in [7, 11) is 0. The first-order valence-electron chi connectivity index (χ1n) is 14.7. The lowest BCUT2D eigenvalue weighted by atomic mass is 9.72. The predicted octanol–water partition coefficient (Wildman–Crippen LogP) is 10.5. The number of para-hydroxylation sites is 1. The first-order valence-corrected chi connectivity index (χ1v) is 16.2. The van der Waals surface area contributed by atoms with Crippen molar-refractivity contribution in [3.05, 3.63) is 116 Å². The molecular weight excluding hydrogens is 593 g/mol. The number of rotatable bonds is 6. The lowest BCUT2D eigenvalue weighted by Crippen LogP contribution is -2.27. The molecule has 1 atom stereocenters. The number of anilines is 1. The van der Waals surface area contributed by atoms with Crippen LogP contribution in [0.5, 0.6) is 0 Å². The van der Waals surface area contributed by atoms with Crippen LogP contribution in [0, 0.1) is 18.3 Å². The van der Waals surface area contributed by atoms with Gasteiger partial charge in [-0.05, 0) is 91.1 Å². The number of nitrogens with zero attached hydrogens (tertiary/aromatic N) is 2. The van der Waals surface area contributed by atoms with Crippen molar-refractivity contribution in [3.8, 4) is 0 Å². The summed E-state index contributed by atoms with van der Waals surface area (Å²) in [4.78, 5) is 20.2. The van der Waals surface area contributed by atoms with E-state index in [0.717, 1.165) is 63.6 Å². The Morgan fingerprint density at radius 2 is 1.70 bits per heavy atom. The number of carbonyl (C=O) groups is 1. The molecule has 0 fully saturated rings. The fourth-order valence-electron chi connectivity index (χ4n) is 6.08. The molecule has 1 aliphatic rings. The standard InChI is InChI=1S/C36H35Cl2N3OS/c1-22-30(28-7-5-6-8-31(28)41(22)21-23-9-12-25(37)13-10-23)20-39-35-33(34(42)40-27-16-14-26(38)15-17-27)29-18-11-24(36(2,3)4)19-32(29)43-35/h5-10,12-17,20,24H,11,18-19,21H2,1-4H3,(H,40,42)/t24-/m0/s1. The van der Waals surface area contributed by atoms with E-state index < -0.39 is 0 Å². The van der Waals surface area contributed by atoms with Crippen LogP contribution in [-0.4, -0.2) is 16.7 Å². The summed E-state index contributed by atoms with van der Waals surface area (Å²) >= 11 is 13.9. The number of amides is 1. The van der Waals surface area contributed by atoms with Gasteiger partial charge in [-0.3, -0.25) is 4.79 Å². The molecule has 2 aromatic heterocycles. The molecule has 2 heterocycles.